The topological polar surface area (TPSA) is 21.3 Å². The molecule has 0 fully saturated rings. The van der Waals surface area contributed by atoms with E-state index in [0.29, 0.717) is 0 Å². The Kier molecular flexibility index (Phi) is 4.00. The van der Waals surface area contributed by atoms with Crippen LogP contribution in [0.2, 0.25) is 0 Å². The van der Waals surface area contributed by atoms with Crippen molar-refractivity contribution in [3.8, 4) is 5.75 Å². The SMILES string of the molecule is CCCOc1ccc(C2=CCNCC2)cc1. The summed E-state index contributed by atoms with van der Waals surface area (Å²) >= 11 is 0. The van der Waals surface area contributed by atoms with Crippen LogP contribution in [0.3, 0.4) is 0 Å². The van der Waals surface area contributed by atoms with Gasteiger partial charge in [-0.05, 0) is 42.7 Å². The van der Waals surface area contributed by atoms with Crippen molar-refractivity contribution in [1.29, 1.82) is 0 Å². The molecule has 2 heteroatoms. The molecule has 0 aliphatic carbocycles. The highest BCUT2D eigenvalue weighted by atomic mass is 16.5. The van der Waals surface area contributed by atoms with Gasteiger partial charge in [0.05, 0.1) is 6.61 Å². The first-order valence-electron chi connectivity index (χ1n) is 6.03. The Morgan fingerprint density at radius 1 is 1.25 bits per heavy atom. The third kappa shape index (κ3) is 2.86. The highest BCUT2D eigenvalue weighted by molar-refractivity contribution is 5.67. The molecule has 0 radical (unpaired) electrons. The quantitative estimate of drug-likeness (QED) is 0.837. The lowest BCUT2D eigenvalue weighted by Gasteiger charge is -2.14. The number of benzene rings is 1. The zero-order valence-electron chi connectivity index (χ0n) is 9.83. The van der Waals surface area contributed by atoms with Crippen molar-refractivity contribution in [2.45, 2.75) is 19.8 Å². The summed E-state index contributed by atoms with van der Waals surface area (Å²) in [5.74, 6) is 0.972. The number of hydrogen-bond acceptors (Lipinski definition) is 2. The fourth-order valence-electron chi connectivity index (χ4n) is 1.87. The highest BCUT2D eigenvalue weighted by Gasteiger charge is 2.05. The van der Waals surface area contributed by atoms with E-state index in [9.17, 15) is 0 Å². The number of nitrogens with one attached hydrogen (secondary N) is 1. The predicted octanol–water partition coefficient (Wildman–Crippen LogP) is 2.85. The number of ether oxygens (including phenoxy) is 1. The van der Waals surface area contributed by atoms with Crippen LogP contribution < -0.4 is 10.1 Å². The van der Waals surface area contributed by atoms with E-state index in [0.717, 1.165) is 38.3 Å². The molecule has 0 saturated carbocycles. The maximum absolute atomic E-state index is 5.57. The molecule has 0 bridgehead atoms. The molecule has 0 saturated heterocycles. The summed E-state index contributed by atoms with van der Waals surface area (Å²) in [5, 5.41) is 3.32. The molecular formula is C14H19NO. The fraction of sp³-hybridized carbons (Fsp3) is 0.429. The summed E-state index contributed by atoms with van der Waals surface area (Å²) in [4.78, 5) is 0. The van der Waals surface area contributed by atoms with Crippen molar-refractivity contribution in [1.82, 2.24) is 5.32 Å². The molecule has 0 spiro atoms. The largest absolute Gasteiger partial charge is 0.494 e. The Hall–Kier alpha value is -1.28. The van der Waals surface area contributed by atoms with E-state index in [1.807, 2.05) is 0 Å². The number of rotatable bonds is 4. The van der Waals surface area contributed by atoms with E-state index in [-0.39, 0.29) is 0 Å². The first kappa shape index (κ1) is 11.2. The zero-order valence-corrected chi connectivity index (χ0v) is 9.83. The Morgan fingerprint density at radius 3 is 2.69 bits per heavy atom. The van der Waals surface area contributed by atoms with Gasteiger partial charge in [0, 0.05) is 6.54 Å². The summed E-state index contributed by atoms with van der Waals surface area (Å²) in [6.07, 6.45) is 4.44. The average Bonchev–Trinajstić information content (AvgIpc) is 2.38. The second-order valence-electron chi connectivity index (χ2n) is 4.06. The van der Waals surface area contributed by atoms with E-state index < -0.39 is 0 Å². The molecule has 0 amide bonds. The lowest BCUT2D eigenvalue weighted by atomic mass is 10.0. The van der Waals surface area contributed by atoms with Crippen LogP contribution in [-0.2, 0) is 0 Å². The fourth-order valence-corrected chi connectivity index (χ4v) is 1.87. The van der Waals surface area contributed by atoms with Gasteiger partial charge in [0.25, 0.3) is 0 Å². The van der Waals surface area contributed by atoms with Gasteiger partial charge in [0.1, 0.15) is 5.75 Å². The number of hydrogen-bond donors (Lipinski definition) is 1. The minimum absolute atomic E-state index is 0.798. The summed E-state index contributed by atoms with van der Waals surface area (Å²) in [6, 6.07) is 8.44. The van der Waals surface area contributed by atoms with Crippen LogP contribution in [0.15, 0.2) is 30.3 Å². The lowest BCUT2D eigenvalue weighted by molar-refractivity contribution is 0.317. The van der Waals surface area contributed by atoms with Crippen molar-refractivity contribution < 1.29 is 4.74 Å². The summed E-state index contributed by atoms with van der Waals surface area (Å²) in [5.41, 5.74) is 2.77. The molecule has 0 atom stereocenters. The molecule has 0 aromatic heterocycles. The van der Waals surface area contributed by atoms with Crippen molar-refractivity contribution in [2.24, 2.45) is 0 Å². The van der Waals surface area contributed by atoms with Gasteiger partial charge in [-0.1, -0.05) is 25.1 Å². The third-order valence-electron chi connectivity index (χ3n) is 2.76. The van der Waals surface area contributed by atoms with Crippen LogP contribution in [0.4, 0.5) is 0 Å². The van der Waals surface area contributed by atoms with Gasteiger partial charge >= 0.3 is 0 Å². The van der Waals surface area contributed by atoms with Crippen LogP contribution in [0.1, 0.15) is 25.3 Å². The average molecular weight is 217 g/mol. The molecule has 1 N–H and O–H groups in total. The summed E-state index contributed by atoms with van der Waals surface area (Å²) < 4.78 is 5.57. The molecule has 2 nitrogen and oxygen atoms in total. The highest BCUT2D eigenvalue weighted by Crippen LogP contribution is 2.22. The molecule has 86 valence electrons. The summed E-state index contributed by atoms with van der Waals surface area (Å²) in [7, 11) is 0. The maximum atomic E-state index is 5.57. The second kappa shape index (κ2) is 5.71. The standard InChI is InChI=1S/C14H19NO/c1-2-11-16-14-5-3-12(4-6-14)13-7-9-15-10-8-13/h3-7,15H,2,8-11H2,1H3. The molecular weight excluding hydrogens is 198 g/mol. The predicted molar refractivity (Wildman–Crippen MR) is 67.7 cm³/mol. The molecule has 1 aromatic rings. The lowest BCUT2D eigenvalue weighted by Crippen LogP contribution is -2.19. The van der Waals surface area contributed by atoms with Crippen LogP contribution >= 0.6 is 0 Å². The summed E-state index contributed by atoms with van der Waals surface area (Å²) in [6.45, 7) is 4.99. The Balaban J connectivity index is 2.03. The molecule has 1 aliphatic heterocycles. The second-order valence-corrected chi connectivity index (χ2v) is 4.06. The van der Waals surface area contributed by atoms with E-state index in [1.54, 1.807) is 0 Å². The van der Waals surface area contributed by atoms with E-state index in [4.69, 9.17) is 4.74 Å². The Morgan fingerprint density at radius 2 is 2.06 bits per heavy atom. The Labute approximate surface area is 97.3 Å². The van der Waals surface area contributed by atoms with Gasteiger partial charge in [0.2, 0.25) is 0 Å². The first-order chi connectivity index (χ1) is 7.90. The first-order valence-corrected chi connectivity index (χ1v) is 6.03. The molecule has 1 aliphatic rings. The van der Waals surface area contributed by atoms with E-state index in [2.05, 4.69) is 42.6 Å². The smallest absolute Gasteiger partial charge is 0.119 e. The van der Waals surface area contributed by atoms with E-state index in [1.165, 1.54) is 11.1 Å². The molecule has 1 aromatic carbocycles. The molecule has 1 heterocycles. The van der Waals surface area contributed by atoms with Crippen LogP contribution in [0.5, 0.6) is 5.75 Å². The third-order valence-corrected chi connectivity index (χ3v) is 2.76. The van der Waals surface area contributed by atoms with Gasteiger partial charge in [-0.15, -0.1) is 0 Å². The molecule has 0 unspecified atom stereocenters. The monoisotopic (exact) mass is 217 g/mol. The minimum Gasteiger partial charge on any atom is -0.494 e. The Bertz CT molecular complexity index is 354. The van der Waals surface area contributed by atoms with Crippen LogP contribution in [-0.4, -0.2) is 19.7 Å². The van der Waals surface area contributed by atoms with Crippen LogP contribution in [0, 0.1) is 0 Å². The maximum Gasteiger partial charge on any atom is 0.119 e. The molecule has 16 heavy (non-hydrogen) atoms. The molecule has 2 rings (SSSR count). The van der Waals surface area contributed by atoms with Crippen LogP contribution in [0.25, 0.3) is 5.57 Å². The van der Waals surface area contributed by atoms with Crippen molar-refractivity contribution in [3.63, 3.8) is 0 Å². The van der Waals surface area contributed by atoms with Gasteiger partial charge in [-0.3, -0.25) is 0 Å². The van der Waals surface area contributed by atoms with E-state index >= 15 is 0 Å². The van der Waals surface area contributed by atoms with Gasteiger partial charge in [-0.2, -0.15) is 0 Å². The van der Waals surface area contributed by atoms with Crippen molar-refractivity contribution in [3.05, 3.63) is 35.9 Å². The normalized spacial score (nSPS) is 15.7. The van der Waals surface area contributed by atoms with Crippen molar-refractivity contribution in [2.75, 3.05) is 19.7 Å². The van der Waals surface area contributed by atoms with Gasteiger partial charge in [-0.25, -0.2) is 0 Å². The minimum atomic E-state index is 0.798. The zero-order chi connectivity index (χ0) is 11.2. The van der Waals surface area contributed by atoms with Gasteiger partial charge < -0.3 is 10.1 Å². The van der Waals surface area contributed by atoms with Gasteiger partial charge in [0.15, 0.2) is 0 Å². The van der Waals surface area contributed by atoms with Crippen molar-refractivity contribution >= 4 is 5.57 Å².